The van der Waals surface area contributed by atoms with Crippen molar-refractivity contribution in [2.45, 2.75) is 50.0 Å². The minimum Gasteiger partial charge on any atom is -0.397 e. The highest BCUT2D eigenvalue weighted by molar-refractivity contribution is 7.99. The summed E-state index contributed by atoms with van der Waals surface area (Å²) in [6, 6.07) is 5.80. The second-order valence-electron chi connectivity index (χ2n) is 5.34. The number of anilines is 2. The van der Waals surface area contributed by atoms with Gasteiger partial charge in [0.25, 0.3) is 0 Å². The van der Waals surface area contributed by atoms with Crippen LogP contribution < -0.4 is 11.1 Å². The molecule has 1 heterocycles. The summed E-state index contributed by atoms with van der Waals surface area (Å²) >= 11 is 1.77. The van der Waals surface area contributed by atoms with Crippen LogP contribution in [-0.4, -0.2) is 24.4 Å². The zero-order chi connectivity index (χ0) is 15.1. The number of nitrogens with one attached hydrogen (secondary N) is 1. The van der Waals surface area contributed by atoms with Crippen molar-refractivity contribution in [1.82, 2.24) is 0 Å². The zero-order valence-corrected chi connectivity index (χ0v) is 13.4. The van der Waals surface area contributed by atoms with Gasteiger partial charge in [0.2, 0.25) is 5.91 Å². The molecule has 1 fully saturated rings. The van der Waals surface area contributed by atoms with E-state index in [2.05, 4.69) is 12.2 Å². The number of amides is 1. The van der Waals surface area contributed by atoms with Gasteiger partial charge in [-0.15, -0.1) is 11.8 Å². The van der Waals surface area contributed by atoms with E-state index in [9.17, 15) is 4.79 Å². The summed E-state index contributed by atoms with van der Waals surface area (Å²) in [6.07, 6.45) is 4.79. The van der Waals surface area contributed by atoms with Gasteiger partial charge >= 0.3 is 0 Å². The van der Waals surface area contributed by atoms with Crippen LogP contribution in [0.15, 0.2) is 23.1 Å². The number of ether oxygens (including phenoxy) is 1. The van der Waals surface area contributed by atoms with Crippen LogP contribution in [0, 0.1) is 0 Å². The third-order valence-corrected chi connectivity index (χ3v) is 4.66. The van der Waals surface area contributed by atoms with Gasteiger partial charge in [0.05, 0.1) is 23.9 Å². The van der Waals surface area contributed by atoms with E-state index in [-0.39, 0.29) is 12.0 Å². The summed E-state index contributed by atoms with van der Waals surface area (Å²) < 4.78 is 5.60. The first-order valence-electron chi connectivity index (χ1n) is 7.63. The minimum atomic E-state index is -0.0220. The Morgan fingerprint density at radius 2 is 2.33 bits per heavy atom. The van der Waals surface area contributed by atoms with E-state index in [4.69, 9.17) is 10.5 Å². The van der Waals surface area contributed by atoms with Gasteiger partial charge in [-0.2, -0.15) is 0 Å². The fourth-order valence-electron chi connectivity index (χ4n) is 2.33. The van der Waals surface area contributed by atoms with E-state index in [1.54, 1.807) is 11.8 Å². The van der Waals surface area contributed by atoms with Gasteiger partial charge in [0.1, 0.15) is 0 Å². The van der Waals surface area contributed by atoms with Crippen molar-refractivity contribution in [2.75, 3.05) is 23.4 Å². The van der Waals surface area contributed by atoms with Gasteiger partial charge in [0.15, 0.2) is 0 Å². The Hall–Kier alpha value is -1.20. The maximum absolute atomic E-state index is 12.1. The highest BCUT2D eigenvalue weighted by Crippen LogP contribution is 2.27. The molecular weight excluding hydrogens is 284 g/mol. The van der Waals surface area contributed by atoms with Gasteiger partial charge in [0, 0.05) is 11.5 Å². The Balaban J connectivity index is 1.92. The van der Waals surface area contributed by atoms with E-state index in [0.717, 1.165) is 42.9 Å². The van der Waals surface area contributed by atoms with Crippen LogP contribution in [0.4, 0.5) is 11.4 Å². The molecule has 0 aromatic heterocycles. The molecule has 2 rings (SSSR count). The van der Waals surface area contributed by atoms with Crippen LogP contribution in [0.25, 0.3) is 0 Å². The second kappa shape index (κ2) is 8.29. The number of nitrogens with two attached hydrogens (primary N) is 1. The number of hydrogen-bond acceptors (Lipinski definition) is 4. The van der Waals surface area contributed by atoms with Crippen LogP contribution in [-0.2, 0) is 9.53 Å². The molecule has 1 aliphatic heterocycles. The largest absolute Gasteiger partial charge is 0.397 e. The van der Waals surface area contributed by atoms with Gasteiger partial charge in [-0.25, -0.2) is 0 Å². The first-order valence-corrected chi connectivity index (χ1v) is 8.61. The lowest BCUT2D eigenvalue weighted by atomic mass is 10.1. The molecule has 5 heteroatoms. The molecule has 0 aliphatic carbocycles. The Kier molecular flexibility index (Phi) is 6.39. The van der Waals surface area contributed by atoms with Gasteiger partial charge in [-0.05, 0) is 49.6 Å². The third kappa shape index (κ3) is 5.25. The van der Waals surface area contributed by atoms with Gasteiger partial charge < -0.3 is 15.8 Å². The second-order valence-corrected chi connectivity index (χ2v) is 6.51. The average molecular weight is 308 g/mol. The molecule has 1 aromatic rings. The molecule has 1 amide bonds. The summed E-state index contributed by atoms with van der Waals surface area (Å²) in [5, 5.41) is 2.92. The highest BCUT2D eigenvalue weighted by Gasteiger charge is 2.18. The summed E-state index contributed by atoms with van der Waals surface area (Å²) in [6.45, 7) is 2.92. The molecule has 1 saturated heterocycles. The first-order chi connectivity index (χ1) is 10.2. The maximum Gasteiger partial charge on any atom is 0.227 e. The summed E-state index contributed by atoms with van der Waals surface area (Å²) in [7, 11) is 0. The molecule has 1 atom stereocenters. The Bertz CT molecular complexity index is 473. The van der Waals surface area contributed by atoms with Crippen molar-refractivity contribution < 1.29 is 9.53 Å². The van der Waals surface area contributed by atoms with Crippen molar-refractivity contribution in [1.29, 1.82) is 0 Å². The van der Waals surface area contributed by atoms with Gasteiger partial charge in [-0.3, -0.25) is 4.79 Å². The fraction of sp³-hybridized carbons (Fsp3) is 0.562. The van der Waals surface area contributed by atoms with E-state index in [1.807, 2.05) is 18.2 Å². The molecule has 0 saturated carbocycles. The SMILES string of the molecule is CCCSc1ccc(N)c(NC(=O)CC2CCCCO2)c1. The molecule has 0 bridgehead atoms. The summed E-state index contributed by atoms with van der Waals surface area (Å²) in [4.78, 5) is 13.2. The van der Waals surface area contributed by atoms with Crippen LogP contribution in [0.1, 0.15) is 39.0 Å². The lowest BCUT2D eigenvalue weighted by Crippen LogP contribution is -2.25. The summed E-state index contributed by atoms with van der Waals surface area (Å²) in [5.41, 5.74) is 7.26. The molecule has 0 spiro atoms. The average Bonchev–Trinajstić information content (AvgIpc) is 2.49. The number of carbonyl (C=O) groups is 1. The van der Waals surface area contributed by atoms with E-state index in [1.165, 1.54) is 0 Å². The molecule has 0 radical (unpaired) electrons. The van der Waals surface area contributed by atoms with Crippen molar-refractivity contribution in [3.63, 3.8) is 0 Å². The van der Waals surface area contributed by atoms with E-state index < -0.39 is 0 Å². The molecular formula is C16H24N2O2S. The predicted octanol–water partition coefficient (Wildman–Crippen LogP) is 3.67. The normalized spacial score (nSPS) is 18.4. The van der Waals surface area contributed by atoms with Crippen molar-refractivity contribution in [2.24, 2.45) is 0 Å². The van der Waals surface area contributed by atoms with Crippen LogP contribution in [0.2, 0.25) is 0 Å². The number of thioether (sulfide) groups is 1. The van der Waals surface area contributed by atoms with Crippen molar-refractivity contribution in [3.05, 3.63) is 18.2 Å². The van der Waals surface area contributed by atoms with Crippen molar-refractivity contribution in [3.8, 4) is 0 Å². The molecule has 116 valence electrons. The Morgan fingerprint density at radius 3 is 3.05 bits per heavy atom. The number of nitrogen functional groups attached to an aromatic ring is 1. The highest BCUT2D eigenvalue weighted by atomic mass is 32.2. The zero-order valence-electron chi connectivity index (χ0n) is 12.6. The van der Waals surface area contributed by atoms with Crippen LogP contribution in [0.3, 0.4) is 0 Å². The number of benzene rings is 1. The smallest absolute Gasteiger partial charge is 0.227 e. The molecule has 1 unspecified atom stereocenters. The standard InChI is InChI=1S/C16H24N2O2S/c1-2-9-21-13-6-7-14(17)15(11-13)18-16(19)10-12-5-3-4-8-20-12/h6-7,11-12H,2-5,8-10,17H2,1H3,(H,18,19). The lowest BCUT2D eigenvalue weighted by Gasteiger charge is -2.22. The lowest BCUT2D eigenvalue weighted by molar-refractivity contribution is -0.119. The molecule has 21 heavy (non-hydrogen) atoms. The van der Waals surface area contributed by atoms with Crippen molar-refractivity contribution >= 4 is 29.0 Å². The molecule has 1 aliphatic rings. The van der Waals surface area contributed by atoms with E-state index >= 15 is 0 Å². The van der Waals surface area contributed by atoms with Crippen LogP contribution in [0.5, 0.6) is 0 Å². The topological polar surface area (TPSA) is 64.3 Å². The van der Waals surface area contributed by atoms with E-state index in [0.29, 0.717) is 17.8 Å². The fourth-order valence-corrected chi connectivity index (χ4v) is 3.14. The molecule has 1 aromatic carbocycles. The Labute approximate surface area is 130 Å². The summed E-state index contributed by atoms with van der Waals surface area (Å²) in [5.74, 6) is 1.04. The van der Waals surface area contributed by atoms with Gasteiger partial charge in [-0.1, -0.05) is 6.92 Å². The first kappa shape index (κ1) is 16.2. The monoisotopic (exact) mass is 308 g/mol. The molecule has 4 nitrogen and oxygen atoms in total. The minimum absolute atomic E-state index is 0.0220. The number of carbonyl (C=O) groups excluding carboxylic acids is 1. The maximum atomic E-state index is 12.1. The third-order valence-electron chi connectivity index (χ3n) is 3.46. The van der Waals surface area contributed by atoms with Crippen LogP contribution >= 0.6 is 11.8 Å². The number of hydrogen-bond donors (Lipinski definition) is 2. The molecule has 3 N–H and O–H groups in total. The number of rotatable bonds is 6. The Morgan fingerprint density at radius 1 is 1.48 bits per heavy atom. The predicted molar refractivity (Wildman–Crippen MR) is 88.7 cm³/mol. The quantitative estimate of drug-likeness (QED) is 0.621.